The van der Waals surface area contributed by atoms with Gasteiger partial charge in [-0.1, -0.05) is 24.3 Å². The molecular weight excluding hydrogens is 186 g/mol. The van der Waals surface area contributed by atoms with Crippen LogP contribution in [-0.4, -0.2) is 19.1 Å². The van der Waals surface area contributed by atoms with Gasteiger partial charge in [0.2, 0.25) is 0 Å². The molecule has 1 aromatic carbocycles. The van der Waals surface area contributed by atoms with Gasteiger partial charge >= 0.3 is 0 Å². The number of pyridine rings is 1. The minimum atomic E-state index is 0.478. The first kappa shape index (κ1) is 9.93. The summed E-state index contributed by atoms with van der Waals surface area (Å²) < 4.78 is 0. The summed E-state index contributed by atoms with van der Waals surface area (Å²) in [5.41, 5.74) is 6.56. The van der Waals surface area contributed by atoms with Gasteiger partial charge in [-0.05, 0) is 11.5 Å². The number of nitrogens with zero attached hydrogens (tertiary/aromatic N) is 2. The van der Waals surface area contributed by atoms with E-state index in [0.29, 0.717) is 6.54 Å². The van der Waals surface area contributed by atoms with E-state index in [9.17, 15) is 0 Å². The molecule has 0 atom stereocenters. The van der Waals surface area contributed by atoms with Crippen LogP contribution in [0.4, 0.5) is 5.82 Å². The summed E-state index contributed by atoms with van der Waals surface area (Å²) in [6, 6.07) is 10.3. The second-order valence-corrected chi connectivity index (χ2v) is 3.76. The number of nitrogens with two attached hydrogens (primary N) is 1. The Balaban J connectivity index is 2.74. The summed E-state index contributed by atoms with van der Waals surface area (Å²) in [6.45, 7) is 0.478. The Morgan fingerprint density at radius 3 is 2.67 bits per heavy atom. The van der Waals surface area contributed by atoms with E-state index in [1.165, 1.54) is 10.8 Å². The molecule has 15 heavy (non-hydrogen) atoms. The highest BCUT2D eigenvalue weighted by atomic mass is 15.1. The van der Waals surface area contributed by atoms with E-state index in [1.807, 2.05) is 37.2 Å². The lowest BCUT2D eigenvalue weighted by molar-refractivity contribution is 0.971. The van der Waals surface area contributed by atoms with E-state index >= 15 is 0 Å². The third kappa shape index (κ3) is 1.78. The Labute approximate surface area is 89.5 Å². The second kappa shape index (κ2) is 3.87. The smallest absolute Gasteiger partial charge is 0.136 e. The molecule has 0 amide bonds. The molecule has 0 saturated heterocycles. The maximum absolute atomic E-state index is 5.63. The number of aromatic nitrogens is 1. The monoisotopic (exact) mass is 201 g/mol. The molecule has 1 aromatic heterocycles. The van der Waals surface area contributed by atoms with Crippen molar-refractivity contribution >= 4 is 16.6 Å². The van der Waals surface area contributed by atoms with E-state index in [4.69, 9.17) is 5.73 Å². The highest BCUT2D eigenvalue weighted by Gasteiger charge is 2.06. The number of fused-ring (bicyclic) bond motifs is 1. The second-order valence-electron chi connectivity index (χ2n) is 3.76. The van der Waals surface area contributed by atoms with Crippen LogP contribution in [0.2, 0.25) is 0 Å². The van der Waals surface area contributed by atoms with Gasteiger partial charge in [0, 0.05) is 26.0 Å². The Morgan fingerprint density at radius 2 is 2.00 bits per heavy atom. The van der Waals surface area contributed by atoms with Gasteiger partial charge in [0.25, 0.3) is 0 Å². The Kier molecular flexibility index (Phi) is 2.56. The third-order valence-electron chi connectivity index (χ3n) is 2.41. The lowest BCUT2D eigenvalue weighted by Gasteiger charge is -2.15. The first-order valence-electron chi connectivity index (χ1n) is 4.98. The molecule has 1 heterocycles. The van der Waals surface area contributed by atoms with Crippen molar-refractivity contribution < 1.29 is 0 Å². The van der Waals surface area contributed by atoms with E-state index in [-0.39, 0.29) is 0 Å². The van der Waals surface area contributed by atoms with Crippen LogP contribution in [0.5, 0.6) is 0 Å². The molecule has 0 aliphatic rings. The summed E-state index contributed by atoms with van der Waals surface area (Å²) in [4.78, 5) is 6.54. The maximum atomic E-state index is 5.63. The van der Waals surface area contributed by atoms with Crippen molar-refractivity contribution in [1.82, 2.24) is 4.98 Å². The molecule has 2 aromatic rings. The zero-order valence-corrected chi connectivity index (χ0v) is 9.07. The number of hydrogen-bond donors (Lipinski definition) is 1. The molecule has 0 spiro atoms. The largest absolute Gasteiger partial charge is 0.362 e. The molecule has 3 heteroatoms. The molecular formula is C12H15N3. The third-order valence-corrected chi connectivity index (χ3v) is 2.41. The molecule has 2 N–H and O–H groups in total. The van der Waals surface area contributed by atoms with E-state index in [0.717, 1.165) is 11.5 Å². The van der Waals surface area contributed by atoms with E-state index < -0.39 is 0 Å². The van der Waals surface area contributed by atoms with Crippen LogP contribution in [0.25, 0.3) is 10.8 Å². The SMILES string of the molecule is CN(C)c1nc(CN)cc2ccccc12. The summed E-state index contributed by atoms with van der Waals surface area (Å²) in [7, 11) is 3.99. The molecule has 0 aliphatic heterocycles. The number of hydrogen-bond acceptors (Lipinski definition) is 3. The van der Waals surface area contributed by atoms with Crippen LogP contribution in [0.3, 0.4) is 0 Å². The average Bonchev–Trinajstić information content (AvgIpc) is 2.27. The molecule has 0 bridgehead atoms. The molecule has 0 saturated carbocycles. The van der Waals surface area contributed by atoms with Gasteiger partial charge in [-0.25, -0.2) is 4.98 Å². The van der Waals surface area contributed by atoms with Crippen LogP contribution in [0.15, 0.2) is 30.3 Å². The predicted molar refractivity (Wildman–Crippen MR) is 64.0 cm³/mol. The van der Waals surface area contributed by atoms with Crippen molar-refractivity contribution in [2.75, 3.05) is 19.0 Å². The highest BCUT2D eigenvalue weighted by Crippen LogP contribution is 2.23. The fourth-order valence-corrected chi connectivity index (χ4v) is 1.68. The van der Waals surface area contributed by atoms with Crippen molar-refractivity contribution in [3.05, 3.63) is 36.0 Å². The zero-order valence-electron chi connectivity index (χ0n) is 9.07. The van der Waals surface area contributed by atoms with Gasteiger partial charge in [-0.3, -0.25) is 0 Å². The van der Waals surface area contributed by atoms with Gasteiger partial charge in [0.15, 0.2) is 0 Å². The number of rotatable bonds is 2. The van der Waals surface area contributed by atoms with Crippen molar-refractivity contribution in [2.24, 2.45) is 5.73 Å². The standard InChI is InChI=1S/C12H15N3/c1-15(2)12-11-6-4-3-5-9(11)7-10(8-13)14-12/h3-7H,8,13H2,1-2H3. The molecule has 78 valence electrons. The fourth-order valence-electron chi connectivity index (χ4n) is 1.68. The Bertz CT molecular complexity index is 477. The summed E-state index contributed by atoms with van der Waals surface area (Å²) in [5.74, 6) is 0.980. The van der Waals surface area contributed by atoms with Crippen molar-refractivity contribution in [2.45, 2.75) is 6.54 Å². The number of anilines is 1. The predicted octanol–water partition coefficient (Wildman–Crippen LogP) is 1.76. The summed E-state index contributed by atoms with van der Waals surface area (Å²) >= 11 is 0. The minimum Gasteiger partial charge on any atom is -0.362 e. The van der Waals surface area contributed by atoms with Crippen LogP contribution >= 0.6 is 0 Å². The molecule has 0 fully saturated rings. The molecule has 3 nitrogen and oxygen atoms in total. The van der Waals surface area contributed by atoms with E-state index in [2.05, 4.69) is 17.1 Å². The Morgan fingerprint density at radius 1 is 1.27 bits per heavy atom. The van der Waals surface area contributed by atoms with Crippen LogP contribution in [0.1, 0.15) is 5.69 Å². The first-order chi connectivity index (χ1) is 7.22. The van der Waals surface area contributed by atoms with Gasteiger partial charge in [0.1, 0.15) is 5.82 Å². The molecule has 2 rings (SSSR count). The first-order valence-corrected chi connectivity index (χ1v) is 4.98. The molecule has 0 unspecified atom stereocenters. The van der Waals surface area contributed by atoms with Crippen molar-refractivity contribution in [3.63, 3.8) is 0 Å². The van der Waals surface area contributed by atoms with Crippen LogP contribution in [0, 0.1) is 0 Å². The lowest BCUT2D eigenvalue weighted by atomic mass is 10.1. The van der Waals surface area contributed by atoms with Crippen molar-refractivity contribution in [3.8, 4) is 0 Å². The van der Waals surface area contributed by atoms with Gasteiger partial charge in [-0.2, -0.15) is 0 Å². The molecule has 0 aliphatic carbocycles. The molecule has 0 radical (unpaired) electrons. The van der Waals surface area contributed by atoms with Crippen LogP contribution in [-0.2, 0) is 6.54 Å². The lowest BCUT2D eigenvalue weighted by Crippen LogP contribution is -2.13. The van der Waals surface area contributed by atoms with Gasteiger partial charge in [0.05, 0.1) is 5.69 Å². The van der Waals surface area contributed by atoms with E-state index in [1.54, 1.807) is 0 Å². The average molecular weight is 201 g/mol. The van der Waals surface area contributed by atoms with Gasteiger partial charge < -0.3 is 10.6 Å². The van der Waals surface area contributed by atoms with Gasteiger partial charge in [-0.15, -0.1) is 0 Å². The zero-order chi connectivity index (χ0) is 10.8. The fraction of sp³-hybridized carbons (Fsp3) is 0.250. The van der Waals surface area contributed by atoms with Crippen molar-refractivity contribution in [1.29, 1.82) is 0 Å². The quantitative estimate of drug-likeness (QED) is 0.805. The topological polar surface area (TPSA) is 42.2 Å². The van der Waals surface area contributed by atoms with Crippen LogP contribution < -0.4 is 10.6 Å². The Hall–Kier alpha value is -1.61. The number of benzene rings is 1. The maximum Gasteiger partial charge on any atom is 0.136 e. The highest BCUT2D eigenvalue weighted by molar-refractivity contribution is 5.92. The summed E-state index contributed by atoms with van der Waals surface area (Å²) in [6.07, 6.45) is 0. The minimum absolute atomic E-state index is 0.478. The normalized spacial score (nSPS) is 10.6. The summed E-state index contributed by atoms with van der Waals surface area (Å²) in [5, 5.41) is 2.36.